The van der Waals surface area contributed by atoms with Crippen molar-refractivity contribution in [2.45, 2.75) is 37.6 Å². The third-order valence-corrected chi connectivity index (χ3v) is 6.74. The summed E-state index contributed by atoms with van der Waals surface area (Å²) in [7, 11) is -2.04. The minimum atomic E-state index is -3.58. The molecule has 150 valence electrons. The summed E-state index contributed by atoms with van der Waals surface area (Å²) in [6, 6.07) is 12.3. The molecule has 1 saturated heterocycles. The van der Waals surface area contributed by atoms with Crippen LogP contribution in [-0.2, 0) is 10.0 Å². The number of rotatable bonds is 5. The lowest BCUT2D eigenvalue weighted by Gasteiger charge is -2.32. The first-order valence-electron chi connectivity index (χ1n) is 9.33. The Kier molecular flexibility index (Phi) is 6.05. The van der Waals surface area contributed by atoms with Crippen LogP contribution in [0.5, 0.6) is 5.75 Å². The summed E-state index contributed by atoms with van der Waals surface area (Å²) >= 11 is 0. The zero-order valence-electron chi connectivity index (χ0n) is 16.4. The molecule has 0 unspecified atom stereocenters. The number of benzene rings is 2. The number of piperidine rings is 1. The molecule has 0 aliphatic carbocycles. The van der Waals surface area contributed by atoms with Crippen LogP contribution in [0.15, 0.2) is 47.4 Å². The molecule has 6 nitrogen and oxygen atoms in total. The average Bonchev–Trinajstić information content (AvgIpc) is 2.67. The van der Waals surface area contributed by atoms with E-state index in [0.29, 0.717) is 42.1 Å². The first-order chi connectivity index (χ1) is 13.3. The lowest BCUT2D eigenvalue weighted by atomic mass is 10.0. The van der Waals surface area contributed by atoms with Crippen LogP contribution < -0.4 is 9.46 Å². The van der Waals surface area contributed by atoms with Gasteiger partial charge in [-0.05, 0) is 50.5 Å². The van der Waals surface area contributed by atoms with Crippen molar-refractivity contribution in [3.63, 3.8) is 0 Å². The van der Waals surface area contributed by atoms with Gasteiger partial charge in [0.15, 0.2) is 0 Å². The van der Waals surface area contributed by atoms with Crippen LogP contribution in [0.1, 0.15) is 34.3 Å². The van der Waals surface area contributed by atoms with Crippen molar-refractivity contribution in [3.05, 3.63) is 59.2 Å². The molecule has 1 aliphatic rings. The van der Waals surface area contributed by atoms with Gasteiger partial charge in [-0.2, -0.15) is 0 Å². The Morgan fingerprint density at radius 1 is 1.11 bits per heavy atom. The average molecular weight is 403 g/mol. The van der Waals surface area contributed by atoms with Gasteiger partial charge in [0.2, 0.25) is 10.0 Å². The van der Waals surface area contributed by atoms with Gasteiger partial charge < -0.3 is 9.64 Å². The number of nitrogens with zero attached hydrogens (tertiary/aromatic N) is 1. The summed E-state index contributed by atoms with van der Waals surface area (Å²) in [5.74, 6) is 0.457. The monoisotopic (exact) mass is 402 g/mol. The number of carbonyl (C=O) groups excluding carboxylic acids is 1. The van der Waals surface area contributed by atoms with Gasteiger partial charge in [-0.25, -0.2) is 13.1 Å². The third kappa shape index (κ3) is 4.36. The fraction of sp³-hybridized carbons (Fsp3) is 0.381. The Hall–Kier alpha value is -2.38. The number of methoxy groups -OCH3 is 1. The van der Waals surface area contributed by atoms with Gasteiger partial charge in [-0.3, -0.25) is 4.79 Å². The molecule has 1 aliphatic heterocycles. The first kappa shape index (κ1) is 20.4. The second kappa shape index (κ2) is 8.32. The van der Waals surface area contributed by atoms with E-state index in [-0.39, 0.29) is 11.9 Å². The molecular formula is C21H26N2O4S. The Morgan fingerprint density at radius 2 is 1.79 bits per heavy atom. The largest absolute Gasteiger partial charge is 0.496 e. The standard InChI is InChI=1S/C21H26N2O4S/c1-15-8-9-20(16(2)14-15)28(25,26)22-17-10-12-23(13-11-17)21(24)18-6-4-5-7-19(18)27-3/h4-9,14,17,22H,10-13H2,1-3H3. The van der Waals surface area contributed by atoms with Gasteiger partial charge in [0.25, 0.3) is 5.91 Å². The van der Waals surface area contributed by atoms with E-state index in [9.17, 15) is 13.2 Å². The molecule has 28 heavy (non-hydrogen) atoms. The molecule has 1 fully saturated rings. The molecule has 0 atom stereocenters. The minimum absolute atomic E-state index is 0.0897. The zero-order valence-corrected chi connectivity index (χ0v) is 17.3. The highest BCUT2D eigenvalue weighted by Gasteiger charge is 2.28. The summed E-state index contributed by atoms with van der Waals surface area (Å²) in [4.78, 5) is 14.8. The van der Waals surface area contributed by atoms with E-state index in [1.165, 1.54) is 0 Å². The third-order valence-electron chi connectivity index (χ3n) is 5.06. The van der Waals surface area contributed by atoms with E-state index >= 15 is 0 Å². The van der Waals surface area contributed by atoms with Gasteiger partial charge in [-0.15, -0.1) is 0 Å². The van der Waals surface area contributed by atoms with Crippen molar-refractivity contribution in [1.82, 2.24) is 9.62 Å². The molecule has 0 radical (unpaired) electrons. The number of carbonyl (C=O) groups is 1. The highest BCUT2D eigenvalue weighted by Crippen LogP contribution is 2.23. The van der Waals surface area contributed by atoms with Crippen molar-refractivity contribution in [2.75, 3.05) is 20.2 Å². The molecule has 7 heteroatoms. The summed E-state index contributed by atoms with van der Waals surface area (Å²) in [6.07, 6.45) is 1.15. The quantitative estimate of drug-likeness (QED) is 0.834. The van der Waals surface area contributed by atoms with Crippen LogP contribution in [0.25, 0.3) is 0 Å². The Morgan fingerprint density at radius 3 is 2.43 bits per heavy atom. The van der Waals surface area contributed by atoms with Gasteiger partial charge in [0.05, 0.1) is 17.6 Å². The molecule has 1 amide bonds. The fourth-order valence-electron chi connectivity index (χ4n) is 3.58. The lowest BCUT2D eigenvalue weighted by Crippen LogP contribution is -2.46. The van der Waals surface area contributed by atoms with Crippen molar-refractivity contribution in [2.24, 2.45) is 0 Å². The van der Waals surface area contributed by atoms with E-state index < -0.39 is 10.0 Å². The number of likely N-dealkylation sites (tertiary alicyclic amines) is 1. The molecule has 1 heterocycles. The van der Waals surface area contributed by atoms with Crippen LogP contribution in [-0.4, -0.2) is 45.5 Å². The molecule has 1 N–H and O–H groups in total. The van der Waals surface area contributed by atoms with Crippen molar-refractivity contribution < 1.29 is 17.9 Å². The molecule has 0 bridgehead atoms. The second-order valence-electron chi connectivity index (χ2n) is 7.16. The highest BCUT2D eigenvalue weighted by atomic mass is 32.2. The molecular weight excluding hydrogens is 376 g/mol. The van der Waals surface area contributed by atoms with Crippen molar-refractivity contribution in [3.8, 4) is 5.75 Å². The predicted molar refractivity (Wildman–Crippen MR) is 108 cm³/mol. The summed E-state index contributed by atoms with van der Waals surface area (Å²) in [5.41, 5.74) is 2.29. The van der Waals surface area contributed by atoms with Crippen LogP contribution in [0.2, 0.25) is 0 Å². The molecule has 0 aromatic heterocycles. The SMILES string of the molecule is COc1ccccc1C(=O)N1CCC(NS(=O)(=O)c2ccc(C)cc2C)CC1. The van der Waals surface area contributed by atoms with E-state index in [0.717, 1.165) is 11.1 Å². The van der Waals surface area contributed by atoms with Crippen molar-refractivity contribution in [1.29, 1.82) is 0 Å². The normalized spacial score (nSPS) is 15.5. The maximum absolute atomic E-state index is 12.8. The summed E-state index contributed by atoms with van der Waals surface area (Å²) < 4.78 is 33.6. The zero-order chi connectivity index (χ0) is 20.3. The number of sulfonamides is 1. The van der Waals surface area contributed by atoms with E-state index in [1.54, 1.807) is 49.3 Å². The van der Waals surface area contributed by atoms with Crippen LogP contribution in [0.3, 0.4) is 0 Å². The highest BCUT2D eigenvalue weighted by molar-refractivity contribution is 7.89. The number of amides is 1. The summed E-state index contributed by atoms with van der Waals surface area (Å²) in [6.45, 7) is 4.73. The number of para-hydroxylation sites is 1. The number of ether oxygens (including phenoxy) is 1. The van der Waals surface area contributed by atoms with Crippen molar-refractivity contribution >= 4 is 15.9 Å². The van der Waals surface area contributed by atoms with Gasteiger partial charge >= 0.3 is 0 Å². The Bertz CT molecular complexity index is 964. The number of hydrogen-bond acceptors (Lipinski definition) is 4. The van der Waals surface area contributed by atoms with Crippen LogP contribution >= 0.6 is 0 Å². The molecule has 0 saturated carbocycles. The molecule has 2 aromatic carbocycles. The Labute approximate surface area is 166 Å². The predicted octanol–water partition coefficient (Wildman–Crippen LogP) is 2.90. The van der Waals surface area contributed by atoms with E-state index in [1.807, 2.05) is 19.1 Å². The smallest absolute Gasteiger partial charge is 0.257 e. The van der Waals surface area contributed by atoms with Gasteiger partial charge in [-0.1, -0.05) is 29.8 Å². The topological polar surface area (TPSA) is 75.7 Å². The maximum Gasteiger partial charge on any atom is 0.257 e. The number of aryl methyl sites for hydroxylation is 2. The number of nitrogens with one attached hydrogen (secondary N) is 1. The van der Waals surface area contributed by atoms with Crippen LogP contribution in [0, 0.1) is 13.8 Å². The maximum atomic E-state index is 12.8. The molecule has 3 rings (SSSR count). The van der Waals surface area contributed by atoms with Gasteiger partial charge in [0, 0.05) is 19.1 Å². The first-order valence-corrected chi connectivity index (χ1v) is 10.8. The van der Waals surface area contributed by atoms with Gasteiger partial charge in [0.1, 0.15) is 5.75 Å². The van der Waals surface area contributed by atoms with E-state index in [4.69, 9.17) is 4.74 Å². The minimum Gasteiger partial charge on any atom is -0.496 e. The van der Waals surface area contributed by atoms with Crippen LogP contribution in [0.4, 0.5) is 0 Å². The molecule has 0 spiro atoms. The Balaban J connectivity index is 1.64. The second-order valence-corrected chi connectivity index (χ2v) is 8.84. The van der Waals surface area contributed by atoms with E-state index in [2.05, 4.69) is 4.72 Å². The fourth-order valence-corrected chi connectivity index (χ4v) is 5.11. The lowest BCUT2D eigenvalue weighted by molar-refractivity contribution is 0.0708. The number of hydrogen-bond donors (Lipinski definition) is 1. The molecule has 2 aromatic rings. The summed E-state index contributed by atoms with van der Waals surface area (Å²) in [5, 5.41) is 0.